The molecular weight excluding hydrogens is 359 g/mol. The molecule has 0 spiro atoms. The Morgan fingerprint density at radius 3 is 2.54 bits per heavy atom. The molecule has 0 bridgehead atoms. The molecule has 0 atom stereocenters. The van der Waals surface area contributed by atoms with Crippen molar-refractivity contribution in [2.75, 3.05) is 13.7 Å². The van der Waals surface area contributed by atoms with Crippen molar-refractivity contribution in [3.8, 4) is 22.8 Å². The second-order valence-electron chi connectivity index (χ2n) is 6.53. The number of fused-ring (bicyclic) bond motifs is 1. The van der Waals surface area contributed by atoms with Gasteiger partial charge in [0.15, 0.2) is 6.61 Å². The largest absolute Gasteiger partial charge is 0.497 e. The summed E-state index contributed by atoms with van der Waals surface area (Å²) in [5, 5.41) is 0. The Morgan fingerprint density at radius 2 is 1.82 bits per heavy atom. The molecule has 0 aliphatic carbocycles. The van der Waals surface area contributed by atoms with Crippen molar-refractivity contribution in [2.24, 2.45) is 0 Å². The van der Waals surface area contributed by atoms with Gasteiger partial charge in [0.2, 0.25) is 0 Å². The number of rotatable bonds is 4. The molecular formula is C22H19FN2O3. The normalized spacial score (nSPS) is 13.5. The van der Waals surface area contributed by atoms with Crippen LogP contribution in [0.2, 0.25) is 0 Å². The van der Waals surface area contributed by atoms with Gasteiger partial charge in [0.1, 0.15) is 23.0 Å². The number of aromatic nitrogens is 1. The summed E-state index contributed by atoms with van der Waals surface area (Å²) in [6.07, 6.45) is 0. The van der Waals surface area contributed by atoms with Crippen molar-refractivity contribution in [1.82, 2.24) is 9.88 Å². The molecule has 1 aliphatic rings. The number of methoxy groups -OCH3 is 1. The van der Waals surface area contributed by atoms with E-state index < -0.39 is 0 Å². The van der Waals surface area contributed by atoms with E-state index in [1.807, 2.05) is 36.4 Å². The number of pyridine rings is 1. The number of halogens is 1. The molecule has 5 nitrogen and oxygen atoms in total. The number of nitrogens with zero attached hydrogens (tertiary/aromatic N) is 2. The van der Waals surface area contributed by atoms with E-state index in [1.165, 1.54) is 12.1 Å². The zero-order valence-electron chi connectivity index (χ0n) is 15.4. The summed E-state index contributed by atoms with van der Waals surface area (Å²) in [6.45, 7) is 0.656. The van der Waals surface area contributed by atoms with Crippen LogP contribution in [0, 0.1) is 5.82 Å². The van der Waals surface area contributed by atoms with Crippen molar-refractivity contribution in [3.05, 3.63) is 77.7 Å². The molecule has 3 aromatic rings. The fraction of sp³-hybridized carbons (Fsp3) is 0.182. The molecule has 4 rings (SSSR count). The quantitative estimate of drug-likeness (QED) is 0.693. The molecule has 0 saturated heterocycles. The molecule has 6 heteroatoms. The van der Waals surface area contributed by atoms with E-state index in [0.717, 1.165) is 22.6 Å². The highest BCUT2D eigenvalue weighted by atomic mass is 19.1. The van der Waals surface area contributed by atoms with Crippen LogP contribution in [-0.4, -0.2) is 29.5 Å². The Hall–Kier alpha value is -3.41. The van der Waals surface area contributed by atoms with Crippen LogP contribution in [0.3, 0.4) is 0 Å². The van der Waals surface area contributed by atoms with E-state index in [2.05, 4.69) is 0 Å². The molecule has 1 aliphatic heterocycles. The molecule has 0 saturated carbocycles. The summed E-state index contributed by atoms with van der Waals surface area (Å²) in [6, 6.07) is 17.5. The van der Waals surface area contributed by atoms with Crippen molar-refractivity contribution in [2.45, 2.75) is 13.1 Å². The lowest BCUT2D eigenvalue weighted by molar-refractivity contribution is -0.133. The van der Waals surface area contributed by atoms with Crippen LogP contribution in [-0.2, 0) is 17.9 Å². The van der Waals surface area contributed by atoms with Gasteiger partial charge in [-0.1, -0.05) is 12.1 Å². The van der Waals surface area contributed by atoms with E-state index in [-0.39, 0.29) is 18.3 Å². The molecule has 0 N–H and O–H groups in total. The lowest BCUT2D eigenvalue weighted by Gasteiger charge is -2.19. The Kier molecular flexibility index (Phi) is 4.93. The maximum atomic E-state index is 13.1. The van der Waals surface area contributed by atoms with Gasteiger partial charge in [0.25, 0.3) is 5.91 Å². The Morgan fingerprint density at radius 1 is 1.07 bits per heavy atom. The minimum Gasteiger partial charge on any atom is -0.497 e. The third-order valence-electron chi connectivity index (χ3n) is 4.65. The summed E-state index contributed by atoms with van der Waals surface area (Å²) in [4.78, 5) is 18.9. The van der Waals surface area contributed by atoms with Gasteiger partial charge in [-0.3, -0.25) is 4.79 Å². The van der Waals surface area contributed by atoms with E-state index >= 15 is 0 Å². The molecule has 142 valence electrons. The van der Waals surface area contributed by atoms with Crippen LogP contribution in [0.5, 0.6) is 11.5 Å². The zero-order chi connectivity index (χ0) is 19.5. The predicted molar refractivity (Wildman–Crippen MR) is 102 cm³/mol. The smallest absolute Gasteiger partial charge is 0.261 e. The van der Waals surface area contributed by atoms with Crippen molar-refractivity contribution >= 4 is 5.91 Å². The Bertz CT molecular complexity index is 988. The van der Waals surface area contributed by atoms with Crippen molar-refractivity contribution in [3.63, 3.8) is 0 Å². The third-order valence-corrected chi connectivity index (χ3v) is 4.65. The highest BCUT2D eigenvalue weighted by molar-refractivity contribution is 5.78. The average Bonchev–Trinajstić information content (AvgIpc) is 2.88. The lowest BCUT2D eigenvalue weighted by Crippen LogP contribution is -2.32. The summed E-state index contributed by atoms with van der Waals surface area (Å²) >= 11 is 0. The second-order valence-corrected chi connectivity index (χ2v) is 6.53. The monoisotopic (exact) mass is 378 g/mol. The molecule has 2 heterocycles. The van der Waals surface area contributed by atoms with Gasteiger partial charge in [-0.05, 0) is 54.1 Å². The Labute approximate surface area is 162 Å². The Balaban J connectivity index is 1.60. The lowest BCUT2D eigenvalue weighted by atomic mass is 10.1. The first-order valence-corrected chi connectivity index (χ1v) is 8.92. The molecule has 0 radical (unpaired) electrons. The van der Waals surface area contributed by atoms with Gasteiger partial charge in [-0.15, -0.1) is 0 Å². The van der Waals surface area contributed by atoms with Gasteiger partial charge < -0.3 is 14.4 Å². The SMILES string of the molecule is COc1ccc(-c2ccc3c(n2)CN(Cc2ccc(F)cc2)C(=O)CO3)cc1. The zero-order valence-corrected chi connectivity index (χ0v) is 15.4. The minimum absolute atomic E-state index is 0.0439. The molecule has 28 heavy (non-hydrogen) atoms. The van der Waals surface area contributed by atoms with Gasteiger partial charge >= 0.3 is 0 Å². The van der Waals surface area contributed by atoms with Crippen LogP contribution >= 0.6 is 0 Å². The van der Waals surface area contributed by atoms with Gasteiger partial charge in [-0.25, -0.2) is 9.37 Å². The molecule has 1 amide bonds. The maximum absolute atomic E-state index is 13.1. The molecule has 1 aromatic heterocycles. The van der Waals surface area contributed by atoms with Gasteiger partial charge in [-0.2, -0.15) is 0 Å². The van der Waals surface area contributed by atoms with E-state index in [4.69, 9.17) is 14.5 Å². The van der Waals surface area contributed by atoms with Crippen LogP contribution in [0.25, 0.3) is 11.3 Å². The van der Waals surface area contributed by atoms with Crippen molar-refractivity contribution < 1.29 is 18.7 Å². The summed E-state index contributed by atoms with van der Waals surface area (Å²) in [7, 11) is 1.62. The second kappa shape index (κ2) is 7.68. The number of ether oxygens (including phenoxy) is 2. The maximum Gasteiger partial charge on any atom is 0.261 e. The standard InChI is InChI=1S/C22H19FN2O3/c1-27-18-8-4-16(5-9-18)19-10-11-21-20(24-19)13-25(22(26)14-28-21)12-15-2-6-17(23)7-3-15/h2-11H,12-14H2,1H3. The van der Waals surface area contributed by atoms with Crippen LogP contribution in [0.1, 0.15) is 11.3 Å². The molecule has 0 unspecified atom stereocenters. The summed E-state index contributed by atoms with van der Waals surface area (Å²) < 4.78 is 24.0. The minimum atomic E-state index is -0.301. The number of benzene rings is 2. The fourth-order valence-corrected chi connectivity index (χ4v) is 3.11. The summed E-state index contributed by atoms with van der Waals surface area (Å²) in [5.41, 5.74) is 3.29. The van der Waals surface area contributed by atoms with Gasteiger partial charge in [0, 0.05) is 12.1 Å². The topological polar surface area (TPSA) is 51.7 Å². The number of carbonyl (C=O) groups is 1. The highest BCUT2D eigenvalue weighted by Gasteiger charge is 2.23. The van der Waals surface area contributed by atoms with Crippen LogP contribution in [0.15, 0.2) is 60.7 Å². The van der Waals surface area contributed by atoms with E-state index in [9.17, 15) is 9.18 Å². The van der Waals surface area contributed by atoms with E-state index in [0.29, 0.717) is 24.5 Å². The highest BCUT2D eigenvalue weighted by Crippen LogP contribution is 2.28. The number of amides is 1. The fourth-order valence-electron chi connectivity index (χ4n) is 3.11. The van der Waals surface area contributed by atoms with Crippen molar-refractivity contribution in [1.29, 1.82) is 0 Å². The van der Waals surface area contributed by atoms with Gasteiger partial charge in [0.05, 0.1) is 19.3 Å². The number of hydrogen-bond donors (Lipinski definition) is 0. The van der Waals surface area contributed by atoms with Crippen LogP contribution < -0.4 is 9.47 Å². The number of carbonyl (C=O) groups excluding carboxylic acids is 1. The molecule has 0 fully saturated rings. The number of hydrogen-bond acceptors (Lipinski definition) is 4. The first-order chi connectivity index (χ1) is 13.6. The molecule has 2 aromatic carbocycles. The summed E-state index contributed by atoms with van der Waals surface area (Å²) in [5.74, 6) is 0.948. The first-order valence-electron chi connectivity index (χ1n) is 8.92. The third kappa shape index (κ3) is 3.81. The van der Waals surface area contributed by atoms with E-state index in [1.54, 1.807) is 24.1 Å². The predicted octanol–water partition coefficient (Wildman–Crippen LogP) is 3.82. The van der Waals surface area contributed by atoms with Crippen LogP contribution in [0.4, 0.5) is 4.39 Å². The first kappa shape index (κ1) is 18.0. The average molecular weight is 378 g/mol.